The highest BCUT2D eigenvalue weighted by Crippen LogP contribution is 2.10. The van der Waals surface area contributed by atoms with Crippen molar-refractivity contribution in [2.45, 2.75) is 13.3 Å². The Balaban J connectivity index is 2.23. The van der Waals surface area contributed by atoms with E-state index in [2.05, 4.69) is 27.6 Å². The van der Waals surface area contributed by atoms with Gasteiger partial charge in [0.15, 0.2) is 0 Å². The average molecular weight is 330 g/mol. The van der Waals surface area contributed by atoms with Crippen LogP contribution < -0.4 is 0 Å². The van der Waals surface area contributed by atoms with Gasteiger partial charge in [-0.05, 0) is 41.6 Å². The van der Waals surface area contributed by atoms with Gasteiger partial charge in [-0.15, -0.1) is 0 Å². The molecular formula is C11H11IN2O2. The number of carbonyl (C=O) groups is 1. The number of fused-ring (bicyclic) bond motifs is 1. The average Bonchev–Trinajstić information content (AvgIpc) is 2.59. The van der Waals surface area contributed by atoms with Crippen LogP contribution in [0.4, 0.5) is 0 Å². The summed E-state index contributed by atoms with van der Waals surface area (Å²) in [6.45, 7) is 2.20. The van der Waals surface area contributed by atoms with Crippen LogP contribution in [-0.4, -0.2) is 22.0 Å². The van der Waals surface area contributed by atoms with E-state index < -0.39 is 0 Å². The molecule has 2 aromatic heterocycles. The molecule has 0 spiro atoms. The lowest BCUT2D eigenvalue weighted by atomic mass is 10.3. The fraction of sp³-hybridized carbons (Fsp3) is 0.273. The molecule has 0 saturated carbocycles. The van der Waals surface area contributed by atoms with Crippen molar-refractivity contribution in [3.8, 4) is 0 Å². The van der Waals surface area contributed by atoms with Gasteiger partial charge >= 0.3 is 5.97 Å². The Kier molecular flexibility index (Phi) is 3.42. The first-order chi connectivity index (χ1) is 7.69. The first kappa shape index (κ1) is 11.4. The molecule has 0 aliphatic heterocycles. The van der Waals surface area contributed by atoms with E-state index in [-0.39, 0.29) is 12.4 Å². The van der Waals surface area contributed by atoms with Crippen LogP contribution in [0.3, 0.4) is 0 Å². The summed E-state index contributed by atoms with van der Waals surface area (Å²) in [5.41, 5.74) is 1.59. The molecule has 0 aliphatic rings. The van der Waals surface area contributed by atoms with Crippen molar-refractivity contribution in [1.29, 1.82) is 0 Å². The van der Waals surface area contributed by atoms with Gasteiger partial charge in [-0.25, -0.2) is 4.98 Å². The van der Waals surface area contributed by atoms with Crippen LogP contribution in [0.1, 0.15) is 12.6 Å². The van der Waals surface area contributed by atoms with Gasteiger partial charge in [-0.2, -0.15) is 0 Å². The Morgan fingerprint density at radius 3 is 3.19 bits per heavy atom. The number of imidazole rings is 1. The summed E-state index contributed by atoms with van der Waals surface area (Å²) in [5, 5.41) is 0. The lowest BCUT2D eigenvalue weighted by Crippen LogP contribution is -2.07. The standard InChI is InChI=1S/C11H11IN2O2/c1-2-16-11(15)6-9-7-14-4-3-8(12)5-10(14)13-9/h3-5,7H,2,6H2,1H3. The van der Waals surface area contributed by atoms with Gasteiger partial charge in [0.1, 0.15) is 5.65 Å². The minimum absolute atomic E-state index is 0.228. The van der Waals surface area contributed by atoms with Crippen LogP contribution >= 0.6 is 22.6 Å². The highest BCUT2D eigenvalue weighted by atomic mass is 127. The zero-order valence-electron chi connectivity index (χ0n) is 8.81. The van der Waals surface area contributed by atoms with Gasteiger partial charge in [0.2, 0.25) is 0 Å². The molecule has 2 heterocycles. The first-order valence-corrected chi connectivity index (χ1v) is 6.05. The van der Waals surface area contributed by atoms with Crippen molar-refractivity contribution >= 4 is 34.2 Å². The summed E-state index contributed by atoms with van der Waals surface area (Å²) in [7, 11) is 0. The molecule has 0 saturated heterocycles. The molecule has 0 N–H and O–H groups in total. The summed E-state index contributed by atoms with van der Waals surface area (Å²) < 4.78 is 7.90. The number of rotatable bonds is 3. The third kappa shape index (κ3) is 2.52. The number of halogens is 1. The Morgan fingerprint density at radius 2 is 2.44 bits per heavy atom. The third-order valence-electron chi connectivity index (χ3n) is 2.10. The van der Waals surface area contributed by atoms with E-state index in [1.54, 1.807) is 6.92 Å². The summed E-state index contributed by atoms with van der Waals surface area (Å²) in [4.78, 5) is 15.6. The predicted molar refractivity (Wildman–Crippen MR) is 68.2 cm³/mol. The number of ether oxygens (including phenoxy) is 1. The van der Waals surface area contributed by atoms with E-state index in [0.29, 0.717) is 6.61 Å². The fourth-order valence-electron chi connectivity index (χ4n) is 1.45. The molecular weight excluding hydrogens is 319 g/mol. The largest absolute Gasteiger partial charge is 0.466 e. The Bertz CT molecular complexity index is 522. The lowest BCUT2D eigenvalue weighted by molar-refractivity contribution is -0.142. The Labute approximate surface area is 107 Å². The molecule has 0 unspecified atom stereocenters. The minimum atomic E-state index is -0.236. The van der Waals surface area contributed by atoms with Crippen LogP contribution in [0.2, 0.25) is 0 Å². The second kappa shape index (κ2) is 4.82. The molecule has 0 amide bonds. The van der Waals surface area contributed by atoms with E-state index in [9.17, 15) is 4.79 Å². The normalized spacial score (nSPS) is 10.6. The van der Waals surface area contributed by atoms with Crippen LogP contribution in [0.25, 0.3) is 5.65 Å². The van der Waals surface area contributed by atoms with Gasteiger partial charge < -0.3 is 9.14 Å². The number of nitrogens with zero attached hydrogens (tertiary/aromatic N) is 2. The molecule has 2 aromatic rings. The Hall–Kier alpha value is -1.11. The van der Waals surface area contributed by atoms with Gasteiger partial charge in [-0.1, -0.05) is 0 Å². The predicted octanol–water partition coefficient (Wildman–Crippen LogP) is 2.04. The molecule has 0 radical (unpaired) electrons. The molecule has 4 nitrogen and oxygen atoms in total. The van der Waals surface area contributed by atoms with Gasteiger partial charge in [0, 0.05) is 16.0 Å². The summed E-state index contributed by atoms with van der Waals surface area (Å²) in [6, 6.07) is 3.96. The molecule has 2 rings (SSSR count). The second-order valence-corrected chi connectivity index (χ2v) is 4.57. The van der Waals surface area contributed by atoms with Crippen molar-refractivity contribution in [1.82, 2.24) is 9.38 Å². The molecule has 0 aliphatic carbocycles. The van der Waals surface area contributed by atoms with Crippen LogP contribution in [0.5, 0.6) is 0 Å². The van der Waals surface area contributed by atoms with Crippen LogP contribution in [-0.2, 0) is 16.0 Å². The maximum atomic E-state index is 11.3. The molecule has 0 aromatic carbocycles. The van der Waals surface area contributed by atoms with Crippen molar-refractivity contribution < 1.29 is 9.53 Å². The summed E-state index contributed by atoms with van der Waals surface area (Å²) in [5.74, 6) is -0.236. The number of hydrogen-bond donors (Lipinski definition) is 0. The van der Waals surface area contributed by atoms with Crippen LogP contribution in [0, 0.1) is 3.57 Å². The number of pyridine rings is 1. The third-order valence-corrected chi connectivity index (χ3v) is 2.77. The number of hydrogen-bond acceptors (Lipinski definition) is 3. The second-order valence-electron chi connectivity index (χ2n) is 3.32. The quantitative estimate of drug-likeness (QED) is 0.639. The summed E-state index contributed by atoms with van der Waals surface area (Å²) in [6.07, 6.45) is 4.01. The van der Waals surface area contributed by atoms with Crippen LogP contribution in [0.15, 0.2) is 24.5 Å². The number of aromatic nitrogens is 2. The van der Waals surface area contributed by atoms with Gasteiger partial charge in [0.25, 0.3) is 0 Å². The number of esters is 1. The van der Waals surface area contributed by atoms with E-state index in [1.807, 2.05) is 28.9 Å². The van der Waals surface area contributed by atoms with Crippen molar-refractivity contribution in [3.63, 3.8) is 0 Å². The lowest BCUT2D eigenvalue weighted by Gasteiger charge is -1.97. The molecule has 0 atom stereocenters. The molecule has 5 heteroatoms. The van der Waals surface area contributed by atoms with E-state index >= 15 is 0 Å². The van der Waals surface area contributed by atoms with Crippen molar-refractivity contribution in [3.05, 3.63) is 33.8 Å². The van der Waals surface area contributed by atoms with Crippen molar-refractivity contribution in [2.24, 2.45) is 0 Å². The highest BCUT2D eigenvalue weighted by molar-refractivity contribution is 14.1. The van der Waals surface area contributed by atoms with E-state index in [1.165, 1.54) is 0 Å². The van der Waals surface area contributed by atoms with E-state index in [0.717, 1.165) is 14.9 Å². The van der Waals surface area contributed by atoms with Gasteiger partial charge in [-0.3, -0.25) is 4.79 Å². The van der Waals surface area contributed by atoms with Crippen molar-refractivity contribution in [2.75, 3.05) is 6.61 Å². The topological polar surface area (TPSA) is 43.6 Å². The van der Waals surface area contributed by atoms with Gasteiger partial charge in [0.05, 0.1) is 18.7 Å². The highest BCUT2D eigenvalue weighted by Gasteiger charge is 2.08. The fourth-order valence-corrected chi connectivity index (χ4v) is 1.89. The van der Waals surface area contributed by atoms with E-state index in [4.69, 9.17) is 4.74 Å². The minimum Gasteiger partial charge on any atom is -0.466 e. The maximum absolute atomic E-state index is 11.3. The maximum Gasteiger partial charge on any atom is 0.311 e. The molecule has 16 heavy (non-hydrogen) atoms. The smallest absolute Gasteiger partial charge is 0.311 e. The molecule has 0 bridgehead atoms. The molecule has 84 valence electrons. The monoisotopic (exact) mass is 330 g/mol. The SMILES string of the molecule is CCOC(=O)Cc1cn2ccc(I)cc2n1. The molecule has 0 fully saturated rings. The first-order valence-electron chi connectivity index (χ1n) is 4.98. The summed E-state index contributed by atoms with van der Waals surface area (Å²) >= 11 is 2.23. The zero-order chi connectivity index (χ0) is 11.5. The number of carbonyl (C=O) groups excluding carboxylic acids is 1. The Morgan fingerprint density at radius 1 is 1.62 bits per heavy atom. The zero-order valence-corrected chi connectivity index (χ0v) is 11.0.